The molecule has 0 amide bonds. The Bertz CT molecular complexity index is 627. The number of nitrogens with zero attached hydrogens (tertiary/aromatic N) is 2. The largest absolute Gasteiger partial charge is 1.00 e. The van der Waals surface area contributed by atoms with Gasteiger partial charge in [-0.2, -0.15) is 0 Å². The molecule has 1 rings (SSSR count). The number of para-hydroxylation sites is 1. The molecule has 0 N–H and O–H groups in total. The highest BCUT2D eigenvalue weighted by molar-refractivity contribution is 5.42. The molecule has 0 saturated carbocycles. The Kier molecular flexibility index (Phi) is 26.6. The normalized spacial score (nSPS) is 12.6. The first-order chi connectivity index (χ1) is 17.8. The third-order valence-electron chi connectivity index (χ3n) is 8.59. The fourth-order valence-electron chi connectivity index (χ4n) is 5.88. The minimum atomic E-state index is 0. The summed E-state index contributed by atoms with van der Waals surface area (Å²) in [5.41, 5.74) is 1.47. The molecule has 1 unspecified atom stereocenters. The molecule has 0 aliphatic carbocycles. The minimum absolute atomic E-state index is 0. The zero-order chi connectivity index (χ0) is 27.2. The number of hydrogen-bond donors (Lipinski definition) is 0. The lowest BCUT2D eigenvalue weighted by Gasteiger charge is -2.38. The maximum atomic E-state index is 2.44. The standard InChI is InChI=1S/C35H68N2.2ClH/c1-7-8-9-10-11-12-13-14-15-16-17-18-19-20-21-24-29-34(32-27-23-28-33-36(2,3)4)37(5,6)35-30-25-22-26-31-35;;/h22,25-26,30-31,34H,7-21,23-24,27-29,32-33H2,1-6H3;2*1H/q+2;;/p-2. The summed E-state index contributed by atoms with van der Waals surface area (Å²) >= 11 is 0. The second kappa shape index (κ2) is 25.4. The van der Waals surface area contributed by atoms with Crippen LogP contribution < -0.4 is 29.3 Å². The van der Waals surface area contributed by atoms with Crippen LogP contribution in [-0.4, -0.2) is 52.3 Å². The molecule has 0 fully saturated rings. The third kappa shape index (κ3) is 22.0. The van der Waals surface area contributed by atoms with Gasteiger partial charge in [0.2, 0.25) is 0 Å². The zero-order valence-corrected chi connectivity index (χ0v) is 28.7. The average Bonchev–Trinajstić information content (AvgIpc) is 2.86. The van der Waals surface area contributed by atoms with Crippen molar-refractivity contribution < 1.29 is 29.3 Å². The van der Waals surface area contributed by atoms with E-state index in [-0.39, 0.29) is 24.8 Å². The number of unbranched alkanes of at least 4 members (excludes halogenated alkanes) is 17. The van der Waals surface area contributed by atoms with Crippen molar-refractivity contribution in [2.45, 2.75) is 148 Å². The first-order valence-corrected chi connectivity index (χ1v) is 16.5. The molecule has 0 saturated heterocycles. The maximum Gasteiger partial charge on any atom is 0.132 e. The lowest BCUT2D eigenvalue weighted by molar-refractivity contribution is -0.870. The van der Waals surface area contributed by atoms with Crippen molar-refractivity contribution in [3.63, 3.8) is 0 Å². The van der Waals surface area contributed by atoms with Crippen LogP contribution in [0.5, 0.6) is 0 Å². The van der Waals surface area contributed by atoms with Gasteiger partial charge in [0.25, 0.3) is 0 Å². The van der Waals surface area contributed by atoms with Crippen molar-refractivity contribution in [1.82, 2.24) is 4.48 Å². The molecule has 1 aromatic rings. The van der Waals surface area contributed by atoms with Gasteiger partial charge < -0.3 is 29.3 Å². The van der Waals surface area contributed by atoms with Gasteiger partial charge in [0, 0.05) is 0 Å². The number of halogens is 2. The summed E-state index contributed by atoms with van der Waals surface area (Å²) in [4.78, 5) is 0. The lowest BCUT2D eigenvalue weighted by Crippen LogP contribution is -3.00. The Morgan fingerprint density at radius 3 is 1.23 bits per heavy atom. The highest BCUT2D eigenvalue weighted by Gasteiger charge is 2.29. The molecule has 0 spiro atoms. The quantitative estimate of drug-likeness (QED) is 0.116. The zero-order valence-electron chi connectivity index (χ0n) is 27.2. The first-order valence-electron chi connectivity index (χ1n) is 16.5. The number of hydrogen-bond acceptors (Lipinski definition) is 0. The Balaban J connectivity index is 0. The van der Waals surface area contributed by atoms with Gasteiger partial charge in [0.15, 0.2) is 0 Å². The van der Waals surface area contributed by atoms with Crippen molar-refractivity contribution in [2.75, 3.05) is 41.8 Å². The van der Waals surface area contributed by atoms with Gasteiger partial charge in [-0.15, -0.1) is 0 Å². The van der Waals surface area contributed by atoms with Crippen LogP contribution in [0, 0.1) is 0 Å². The van der Waals surface area contributed by atoms with Crippen molar-refractivity contribution in [3.05, 3.63) is 30.3 Å². The summed E-state index contributed by atoms with van der Waals surface area (Å²) in [5.74, 6) is 0. The van der Waals surface area contributed by atoms with Crippen LogP contribution in [0.15, 0.2) is 30.3 Å². The highest BCUT2D eigenvalue weighted by atomic mass is 35.5. The molecule has 0 heterocycles. The molecule has 4 heteroatoms. The summed E-state index contributed by atoms with van der Waals surface area (Å²) in [6.45, 7) is 3.60. The second-order valence-corrected chi connectivity index (χ2v) is 13.5. The fourth-order valence-corrected chi connectivity index (χ4v) is 5.88. The second-order valence-electron chi connectivity index (χ2n) is 13.5. The predicted molar refractivity (Wildman–Crippen MR) is 169 cm³/mol. The van der Waals surface area contributed by atoms with Gasteiger partial charge in [0.05, 0.1) is 47.8 Å². The van der Waals surface area contributed by atoms with Gasteiger partial charge in [-0.25, -0.2) is 0 Å². The topological polar surface area (TPSA) is 0 Å². The molecule has 2 nitrogen and oxygen atoms in total. The van der Waals surface area contributed by atoms with E-state index >= 15 is 0 Å². The van der Waals surface area contributed by atoms with Crippen molar-refractivity contribution in [2.24, 2.45) is 0 Å². The van der Waals surface area contributed by atoms with E-state index in [2.05, 4.69) is 72.5 Å². The first kappa shape index (κ1) is 40.9. The Hall–Kier alpha value is -0.280. The van der Waals surface area contributed by atoms with Crippen LogP contribution in [0.25, 0.3) is 0 Å². The van der Waals surface area contributed by atoms with Crippen LogP contribution in [-0.2, 0) is 0 Å². The van der Waals surface area contributed by atoms with Crippen LogP contribution in [0.1, 0.15) is 142 Å². The van der Waals surface area contributed by atoms with E-state index in [0.29, 0.717) is 0 Å². The van der Waals surface area contributed by atoms with Gasteiger partial charge in [-0.3, -0.25) is 4.48 Å². The molecule has 0 radical (unpaired) electrons. The average molecular weight is 588 g/mol. The summed E-state index contributed by atoms with van der Waals surface area (Å²) < 4.78 is 2.13. The molecule has 0 aromatic heterocycles. The summed E-state index contributed by atoms with van der Waals surface area (Å²) in [5, 5.41) is 0. The SMILES string of the molecule is CCCCCCCCCCCCCCCCCCC(CCCCC[N+](C)(C)C)[N+](C)(C)c1ccccc1.[Cl-].[Cl-]. The molecule has 39 heavy (non-hydrogen) atoms. The lowest BCUT2D eigenvalue weighted by atomic mass is 9.97. The minimum Gasteiger partial charge on any atom is -1.00 e. The summed E-state index contributed by atoms with van der Waals surface area (Å²) in [7, 11) is 11.8. The van der Waals surface area contributed by atoms with Crippen LogP contribution in [0.4, 0.5) is 5.69 Å². The van der Waals surface area contributed by atoms with Gasteiger partial charge >= 0.3 is 0 Å². The molecule has 0 bridgehead atoms. The van der Waals surface area contributed by atoms with Crippen LogP contribution in [0.2, 0.25) is 0 Å². The van der Waals surface area contributed by atoms with Gasteiger partial charge in [-0.05, 0) is 50.7 Å². The van der Waals surface area contributed by atoms with Gasteiger partial charge in [-0.1, -0.05) is 121 Å². The van der Waals surface area contributed by atoms with Crippen molar-refractivity contribution >= 4 is 5.69 Å². The van der Waals surface area contributed by atoms with Gasteiger partial charge in [0.1, 0.15) is 5.69 Å². The van der Waals surface area contributed by atoms with Crippen LogP contribution in [0.3, 0.4) is 0 Å². The fraction of sp³-hybridized carbons (Fsp3) is 0.829. The molecule has 0 aliphatic heterocycles. The molecule has 232 valence electrons. The number of rotatable bonds is 25. The van der Waals surface area contributed by atoms with E-state index in [1.54, 1.807) is 0 Å². The highest BCUT2D eigenvalue weighted by Crippen LogP contribution is 2.28. The molecular formula is C35H68Cl2N2. The maximum absolute atomic E-state index is 2.44. The summed E-state index contributed by atoms with van der Waals surface area (Å²) in [6.07, 6.45) is 30.0. The van der Waals surface area contributed by atoms with Crippen molar-refractivity contribution in [1.29, 1.82) is 0 Å². The van der Waals surface area contributed by atoms with E-state index in [1.807, 2.05) is 0 Å². The monoisotopic (exact) mass is 586 g/mol. The third-order valence-corrected chi connectivity index (χ3v) is 8.59. The smallest absolute Gasteiger partial charge is 0.132 e. The Morgan fingerprint density at radius 2 is 0.846 bits per heavy atom. The van der Waals surface area contributed by atoms with E-state index in [4.69, 9.17) is 0 Å². The molecule has 1 aromatic carbocycles. The number of quaternary nitrogens is 2. The molecule has 1 atom stereocenters. The van der Waals surface area contributed by atoms with E-state index in [9.17, 15) is 0 Å². The van der Waals surface area contributed by atoms with Crippen molar-refractivity contribution in [3.8, 4) is 0 Å². The van der Waals surface area contributed by atoms with E-state index < -0.39 is 0 Å². The Morgan fingerprint density at radius 1 is 0.487 bits per heavy atom. The van der Waals surface area contributed by atoms with E-state index in [0.717, 1.165) is 15.0 Å². The number of benzene rings is 1. The molecular weight excluding hydrogens is 519 g/mol. The summed E-state index contributed by atoms with van der Waals surface area (Å²) in [6, 6.07) is 12.0. The van der Waals surface area contributed by atoms with Crippen LogP contribution >= 0.6 is 0 Å². The predicted octanol–water partition coefficient (Wildman–Crippen LogP) is 4.55. The van der Waals surface area contributed by atoms with E-state index in [1.165, 1.54) is 147 Å². The molecule has 0 aliphatic rings. The Labute approximate surface area is 258 Å².